The van der Waals surface area contributed by atoms with Crippen molar-refractivity contribution in [2.75, 3.05) is 12.4 Å². The number of benzene rings is 2. The lowest BCUT2D eigenvalue weighted by Gasteiger charge is -2.13. The highest BCUT2D eigenvalue weighted by Crippen LogP contribution is 2.37. The van der Waals surface area contributed by atoms with Crippen LogP contribution in [0.25, 0.3) is 10.3 Å². The molecular formula is C24H21F3N4O5S. The van der Waals surface area contributed by atoms with Crippen molar-refractivity contribution in [1.29, 1.82) is 0 Å². The number of aryl methyl sites for hydroxylation is 1. The molecule has 0 aliphatic rings. The number of alkyl halides is 3. The number of carbonyl (C=O) groups is 2. The molecule has 0 radical (unpaired) electrons. The number of halogens is 3. The van der Waals surface area contributed by atoms with Gasteiger partial charge in [-0.25, -0.2) is 9.78 Å². The first-order valence-corrected chi connectivity index (χ1v) is 11.4. The van der Waals surface area contributed by atoms with Gasteiger partial charge in [-0.05, 0) is 42.3 Å². The average molecular weight is 535 g/mol. The molecular weight excluding hydrogens is 513 g/mol. The molecule has 37 heavy (non-hydrogen) atoms. The second-order valence-corrected chi connectivity index (χ2v) is 8.20. The minimum absolute atomic E-state index is 0.273. The standard InChI is InChI=1S/C22H20N4O3S.C2HF3O2/c1-3-13-6-4-5-7-17(13)25-18-16(20(23)27)12-24-21-19(18)26-22(30-21)29-15-10-8-14(28-2)9-11-15;3-2(4,5)1(6)7/h4-12H,3H2,1-2H3,(H2,23,27)(H,24,25);(H,6,7). The van der Waals surface area contributed by atoms with E-state index in [-0.39, 0.29) is 5.56 Å². The van der Waals surface area contributed by atoms with E-state index in [4.69, 9.17) is 25.1 Å². The molecule has 4 rings (SSSR count). The van der Waals surface area contributed by atoms with E-state index in [1.807, 2.05) is 24.3 Å². The number of amides is 1. The number of anilines is 2. The highest BCUT2D eigenvalue weighted by molar-refractivity contribution is 7.19. The summed E-state index contributed by atoms with van der Waals surface area (Å²) >= 11 is 1.29. The molecule has 9 nitrogen and oxygen atoms in total. The van der Waals surface area contributed by atoms with Gasteiger partial charge in [-0.15, -0.1) is 0 Å². The number of hydrogen-bond acceptors (Lipinski definition) is 8. The number of fused-ring (bicyclic) bond motifs is 1. The number of thiazole rings is 1. The van der Waals surface area contributed by atoms with Gasteiger partial charge in [-0.3, -0.25) is 4.79 Å². The number of carboxylic acid groups (broad SMARTS) is 1. The van der Waals surface area contributed by atoms with Crippen molar-refractivity contribution in [2.24, 2.45) is 5.73 Å². The second-order valence-electron chi connectivity index (χ2n) is 7.26. The molecule has 0 unspecified atom stereocenters. The van der Waals surface area contributed by atoms with Crippen LogP contribution in [0.2, 0.25) is 0 Å². The predicted octanol–water partition coefficient (Wildman–Crippen LogP) is 5.53. The van der Waals surface area contributed by atoms with E-state index in [0.717, 1.165) is 23.4 Å². The van der Waals surface area contributed by atoms with E-state index in [2.05, 4.69) is 22.2 Å². The number of rotatable bonds is 7. The van der Waals surface area contributed by atoms with Gasteiger partial charge in [0, 0.05) is 11.9 Å². The molecule has 0 spiro atoms. The second kappa shape index (κ2) is 11.6. The fourth-order valence-electron chi connectivity index (χ4n) is 3.05. The monoisotopic (exact) mass is 534 g/mol. The Morgan fingerprint density at radius 3 is 2.30 bits per heavy atom. The van der Waals surface area contributed by atoms with Gasteiger partial charge in [0.05, 0.1) is 18.4 Å². The summed E-state index contributed by atoms with van der Waals surface area (Å²) in [5.41, 5.74) is 8.93. The van der Waals surface area contributed by atoms with Gasteiger partial charge in [-0.2, -0.15) is 18.2 Å². The summed E-state index contributed by atoms with van der Waals surface area (Å²) in [4.78, 5) is 30.5. The van der Waals surface area contributed by atoms with Crippen molar-refractivity contribution in [1.82, 2.24) is 9.97 Å². The van der Waals surface area contributed by atoms with Crippen molar-refractivity contribution in [3.05, 3.63) is 65.9 Å². The minimum atomic E-state index is -5.08. The molecule has 0 fully saturated rings. The summed E-state index contributed by atoms with van der Waals surface area (Å²) in [6.07, 6.45) is -2.77. The summed E-state index contributed by atoms with van der Waals surface area (Å²) in [6.45, 7) is 2.07. The van der Waals surface area contributed by atoms with Crippen molar-refractivity contribution >= 4 is 44.9 Å². The van der Waals surface area contributed by atoms with Crippen LogP contribution in [0, 0.1) is 0 Å². The molecule has 1 amide bonds. The number of hydrogen-bond donors (Lipinski definition) is 3. The van der Waals surface area contributed by atoms with Crippen LogP contribution in [0.5, 0.6) is 16.7 Å². The first kappa shape index (κ1) is 27.2. The summed E-state index contributed by atoms with van der Waals surface area (Å²) in [6, 6.07) is 15.1. The molecule has 13 heteroatoms. The third kappa shape index (κ3) is 6.85. The molecule has 0 atom stereocenters. The van der Waals surface area contributed by atoms with Gasteiger partial charge in [-0.1, -0.05) is 36.5 Å². The van der Waals surface area contributed by atoms with Crippen LogP contribution in [0.3, 0.4) is 0 Å². The Morgan fingerprint density at radius 2 is 1.73 bits per heavy atom. The van der Waals surface area contributed by atoms with Crippen LogP contribution in [0.1, 0.15) is 22.8 Å². The molecule has 2 aromatic carbocycles. The third-order valence-corrected chi connectivity index (χ3v) is 5.68. The zero-order valence-corrected chi connectivity index (χ0v) is 20.3. The smallest absolute Gasteiger partial charge is 0.490 e. The molecule has 0 aliphatic carbocycles. The number of carboxylic acids is 1. The lowest BCUT2D eigenvalue weighted by atomic mass is 10.1. The highest BCUT2D eigenvalue weighted by Gasteiger charge is 2.38. The zero-order valence-electron chi connectivity index (χ0n) is 19.5. The fourth-order valence-corrected chi connectivity index (χ4v) is 3.84. The SMILES string of the molecule is CCc1ccccc1Nc1c(C(N)=O)cnc2sc(Oc3ccc(OC)cc3)nc12.O=C(O)C(F)(F)F. The van der Waals surface area contributed by atoms with Crippen LogP contribution in [0.15, 0.2) is 54.7 Å². The number of aliphatic carboxylic acids is 1. The first-order valence-electron chi connectivity index (χ1n) is 10.6. The lowest BCUT2D eigenvalue weighted by molar-refractivity contribution is -0.192. The number of nitrogens with one attached hydrogen (secondary N) is 1. The van der Waals surface area contributed by atoms with Crippen LogP contribution in [-0.2, 0) is 11.2 Å². The van der Waals surface area contributed by atoms with Crippen molar-refractivity contribution in [3.63, 3.8) is 0 Å². The molecule has 0 aliphatic heterocycles. The third-order valence-electron chi connectivity index (χ3n) is 4.84. The molecule has 194 valence electrons. The number of methoxy groups -OCH3 is 1. The van der Waals surface area contributed by atoms with Gasteiger partial charge < -0.3 is 25.6 Å². The van der Waals surface area contributed by atoms with E-state index in [1.165, 1.54) is 17.5 Å². The minimum Gasteiger partial charge on any atom is -0.497 e. The maximum atomic E-state index is 12.0. The Balaban J connectivity index is 0.000000479. The van der Waals surface area contributed by atoms with Crippen LogP contribution in [0.4, 0.5) is 24.5 Å². The van der Waals surface area contributed by atoms with Gasteiger partial charge in [0.25, 0.3) is 11.1 Å². The number of para-hydroxylation sites is 1. The predicted molar refractivity (Wildman–Crippen MR) is 132 cm³/mol. The van der Waals surface area contributed by atoms with E-state index in [9.17, 15) is 18.0 Å². The number of primary amides is 1. The molecule has 0 bridgehead atoms. The number of ether oxygens (including phenoxy) is 2. The fraction of sp³-hybridized carbons (Fsp3) is 0.167. The van der Waals surface area contributed by atoms with Crippen LogP contribution in [-0.4, -0.2) is 40.2 Å². The quantitative estimate of drug-likeness (QED) is 0.282. The molecule has 0 saturated heterocycles. The van der Waals surface area contributed by atoms with E-state index >= 15 is 0 Å². The largest absolute Gasteiger partial charge is 0.497 e. The average Bonchev–Trinajstić information content (AvgIpc) is 3.27. The Morgan fingerprint density at radius 1 is 1.11 bits per heavy atom. The lowest BCUT2D eigenvalue weighted by Crippen LogP contribution is -2.21. The zero-order chi connectivity index (χ0) is 27.2. The highest BCUT2D eigenvalue weighted by atomic mass is 32.1. The molecule has 2 aromatic heterocycles. The van der Waals surface area contributed by atoms with Gasteiger partial charge in [0.2, 0.25) is 0 Å². The number of aromatic nitrogens is 2. The number of carbonyl (C=O) groups excluding carboxylic acids is 1. The van der Waals surface area contributed by atoms with E-state index in [0.29, 0.717) is 27.0 Å². The van der Waals surface area contributed by atoms with Gasteiger partial charge in [0.15, 0.2) is 0 Å². The molecule has 4 N–H and O–H groups in total. The molecule has 4 aromatic rings. The summed E-state index contributed by atoms with van der Waals surface area (Å²) in [7, 11) is 1.61. The number of nitrogens with zero attached hydrogens (tertiary/aromatic N) is 2. The Labute approximate surface area is 212 Å². The maximum absolute atomic E-state index is 12.0. The summed E-state index contributed by atoms with van der Waals surface area (Å²) in [5, 5.41) is 10.9. The van der Waals surface area contributed by atoms with Crippen molar-refractivity contribution in [3.8, 4) is 16.7 Å². The normalized spacial score (nSPS) is 10.8. The van der Waals surface area contributed by atoms with E-state index in [1.54, 1.807) is 31.4 Å². The molecule has 0 saturated carbocycles. The van der Waals surface area contributed by atoms with Gasteiger partial charge >= 0.3 is 12.1 Å². The summed E-state index contributed by atoms with van der Waals surface area (Å²) < 4.78 is 42.8. The Hall–Kier alpha value is -4.39. The Kier molecular flexibility index (Phi) is 8.50. The number of pyridine rings is 1. The number of nitrogens with two attached hydrogens (primary N) is 1. The Bertz CT molecular complexity index is 1410. The maximum Gasteiger partial charge on any atom is 0.490 e. The topological polar surface area (TPSA) is 137 Å². The van der Waals surface area contributed by atoms with Crippen LogP contribution >= 0.6 is 11.3 Å². The van der Waals surface area contributed by atoms with Crippen molar-refractivity contribution in [2.45, 2.75) is 19.5 Å². The van der Waals surface area contributed by atoms with Crippen molar-refractivity contribution < 1.29 is 37.3 Å². The van der Waals surface area contributed by atoms with E-state index < -0.39 is 18.1 Å². The van der Waals surface area contributed by atoms with Crippen LogP contribution < -0.4 is 20.5 Å². The first-order chi connectivity index (χ1) is 17.5. The molecule has 2 heterocycles. The summed E-state index contributed by atoms with van der Waals surface area (Å²) in [5.74, 6) is -1.98. The van der Waals surface area contributed by atoms with Gasteiger partial charge in [0.1, 0.15) is 21.8 Å².